The third kappa shape index (κ3) is 5.46. The van der Waals surface area contributed by atoms with Crippen molar-refractivity contribution in [2.24, 2.45) is 0 Å². The SMILES string of the molecule is N#Cc1cnccc1NC1CCN(Cc2ccc(-n3c(-c4cccnc4N)nc4ccc(-c5ccccc5)nc43)cc2)CC1. The molecule has 0 radical (unpaired) electrons. The topological polar surface area (TPSA) is 122 Å². The number of nitrogens with zero attached hydrogens (tertiary/aromatic N) is 7. The van der Waals surface area contributed by atoms with Gasteiger partial charge in [-0.2, -0.15) is 5.26 Å². The number of nitrogen functional groups attached to an aromatic ring is 1. The van der Waals surface area contributed by atoms with E-state index in [1.807, 2.05) is 48.5 Å². The lowest BCUT2D eigenvalue weighted by molar-refractivity contribution is 0.211. The fraction of sp³-hybridized carbons (Fsp3) is 0.171. The number of fused-ring (bicyclic) bond motifs is 1. The lowest BCUT2D eigenvalue weighted by Gasteiger charge is -2.33. The highest BCUT2D eigenvalue weighted by Gasteiger charge is 2.21. The number of nitriles is 1. The lowest BCUT2D eigenvalue weighted by Crippen LogP contribution is -2.38. The van der Waals surface area contributed by atoms with Crippen LogP contribution in [0.4, 0.5) is 11.5 Å². The first-order chi connectivity index (χ1) is 21.7. The van der Waals surface area contributed by atoms with E-state index in [2.05, 4.69) is 67.2 Å². The molecule has 7 rings (SSSR count). The van der Waals surface area contributed by atoms with Gasteiger partial charge in [-0.1, -0.05) is 42.5 Å². The highest BCUT2D eigenvalue weighted by atomic mass is 15.2. The second-order valence-electron chi connectivity index (χ2n) is 11.0. The number of imidazole rings is 1. The van der Waals surface area contributed by atoms with Gasteiger partial charge in [-0.3, -0.25) is 14.5 Å². The van der Waals surface area contributed by atoms with Gasteiger partial charge in [-0.15, -0.1) is 0 Å². The molecular formula is C35H31N9. The van der Waals surface area contributed by atoms with Crippen molar-refractivity contribution in [1.82, 2.24) is 29.4 Å². The van der Waals surface area contributed by atoms with E-state index in [-0.39, 0.29) is 0 Å². The maximum Gasteiger partial charge on any atom is 0.165 e. The summed E-state index contributed by atoms with van der Waals surface area (Å²) in [7, 11) is 0. The highest BCUT2D eigenvalue weighted by molar-refractivity contribution is 5.84. The van der Waals surface area contributed by atoms with Crippen LogP contribution < -0.4 is 11.1 Å². The summed E-state index contributed by atoms with van der Waals surface area (Å²) in [6.45, 7) is 2.83. The Hall–Kier alpha value is -5.59. The van der Waals surface area contributed by atoms with Gasteiger partial charge in [-0.25, -0.2) is 15.0 Å². The molecule has 0 unspecified atom stereocenters. The van der Waals surface area contributed by atoms with Crippen LogP contribution in [-0.4, -0.2) is 48.5 Å². The van der Waals surface area contributed by atoms with E-state index in [1.165, 1.54) is 5.56 Å². The molecule has 1 aliphatic rings. The van der Waals surface area contributed by atoms with Gasteiger partial charge in [0, 0.05) is 55.5 Å². The van der Waals surface area contributed by atoms with E-state index in [0.29, 0.717) is 23.2 Å². The van der Waals surface area contributed by atoms with Gasteiger partial charge in [0.15, 0.2) is 11.5 Å². The van der Waals surface area contributed by atoms with E-state index >= 15 is 0 Å². The Morgan fingerprint density at radius 3 is 2.48 bits per heavy atom. The maximum absolute atomic E-state index is 9.38. The fourth-order valence-electron chi connectivity index (χ4n) is 5.83. The van der Waals surface area contributed by atoms with Crippen molar-refractivity contribution < 1.29 is 0 Å². The second kappa shape index (κ2) is 12.0. The molecule has 4 aromatic heterocycles. The van der Waals surface area contributed by atoms with E-state index < -0.39 is 0 Å². The zero-order valence-electron chi connectivity index (χ0n) is 24.1. The van der Waals surface area contributed by atoms with Crippen molar-refractivity contribution in [2.75, 3.05) is 24.1 Å². The smallest absolute Gasteiger partial charge is 0.165 e. The summed E-state index contributed by atoms with van der Waals surface area (Å²) < 4.78 is 2.07. The Morgan fingerprint density at radius 2 is 1.70 bits per heavy atom. The van der Waals surface area contributed by atoms with Gasteiger partial charge in [0.1, 0.15) is 17.4 Å². The van der Waals surface area contributed by atoms with Gasteiger partial charge < -0.3 is 11.1 Å². The zero-order chi connectivity index (χ0) is 29.9. The Kier molecular flexibility index (Phi) is 7.41. The minimum absolute atomic E-state index is 0.337. The van der Waals surface area contributed by atoms with Crippen LogP contribution in [0.5, 0.6) is 0 Å². The first-order valence-electron chi connectivity index (χ1n) is 14.7. The molecule has 44 heavy (non-hydrogen) atoms. The molecule has 1 saturated heterocycles. The molecule has 9 heteroatoms. The largest absolute Gasteiger partial charge is 0.383 e. The number of nitrogens with two attached hydrogens (primary N) is 1. The minimum atomic E-state index is 0.337. The van der Waals surface area contributed by atoms with Crippen LogP contribution in [-0.2, 0) is 6.54 Å². The van der Waals surface area contributed by atoms with E-state index in [0.717, 1.165) is 71.8 Å². The molecule has 0 bridgehead atoms. The normalized spacial score (nSPS) is 14.0. The van der Waals surface area contributed by atoms with Crippen LogP contribution >= 0.6 is 0 Å². The predicted octanol–water partition coefficient (Wildman–Crippen LogP) is 6.07. The maximum atomic E-state index is 9.38. The number of pyridine rings is 3. The number of aromatic nitrogens is 5. The van der Waals surface area contributed by atoms with E-state index in [1.54, 1.807) is 18.6 Å². The average Bonchev–Trinajstić information content (AvgIpc) is 3.45. The molecule has 9 nitrogen and oxygen atoms in total. The minimum Gasteiger partial charge on any atom is -0.383 e. The summed E-state index contributed by atoms with van der Waals surface area (Å²) >= 11 is 0. The van der Waals surface area contributed by atoms with Crippen molar-refractivity contribution in [1.29, 1.82) is 5.26 Å². The van der Waals surface area contributed by atoms with Crippen LogP contribution in [0.15, 0.2) is 104 Å². The molecule has 0 atom stereocenters. The summed E-state index contributed by atoms with van der Waals surface area (Å²) in [6.07, 6.45) is 7.05. The standard InChI is InChI=1S/C35H31N9/c36-21-26-22-38-18-14-31(26)40-27-15-19-43(20-16-27)23-24-8-10-28(11-9-24)44-34(29-7-4-17-39-33(29)37)42-32-13-12-30(41-35(32)44)25-5-2-1-3-6-25/h1-14,17-18,22,27H,15-16,19-20,23H2,(H2,37,39)(H,38,40). The molecular weight excluding hydrogens is 546 g/mol. The summed E-state index contributed by atoms with van der Waals surface area (Å²) in [5, 5.41) is 12.9. The van der Waals surface area contributed by atoms with Gasteiger partial charge >= 0.3 is 0 Å². The third-order valence-electron chi connectivity index (χ3n) is 8.14. The molecule has 1 fully saturated rings. The Bertz CT molecular complexity index is 1950. The zero-order valence-corrected chi connectivity index (χ0v) is 24.1. The van der Waals surface area contributed by atoms with Crippen LogP contribution in [0.25, 0.3) is 39.5 Å². The van der Waals surface area contributed by atoms with E-state index in [9.17, 15) is 5.26 Å². The van der Waals surface area contributed by atoms with Gasteiger partial charge in [0.25, 0.3) is 0 Å². The van der Waals surface area contributed by atoms with Crippen molar-refractivity contribution in [3.05, 3.63) is 115 Å². The number of anilines is 2. The molecule has 0 saturated carbocycles. The molecule has 0 spiro atoms. The van der Waals surface area contributed by atoms with Crippen LogP contribution in [0.3, 0.4) is 0 Å². The van der Waals surface area contributed by atoms with Gasteiger partial charge in [0.2, 0.25) is 0 Å². The molecule has 6 aromatic rings. The van der Waals surface area contributed by atoms with Crippen LogP contribution in [0.1, 0.15) is 24.0 Å². The number of hydrogen-bond donors (Lipinski definition) is 2. The monoisotopic (exact) mass is 577 g/mol. The molecule has 2 aromatic carbocycles. The third-order valence-corrected chi connectivity index (χ3v) is 8.14. The number of rotatable bonds is 7. The van der Waals surface area contributed by atoms with Gasteiger partial charge in [0.05, 0.1) is 22.5 Å². The first kappa shape index (κ1) is 27.3. The molecule has 0 amide bonds. The number of benzene rings is 2. The fourth-order valence-corrected chi connectivity index (χ4v) is 5.83. The number of piperidine rings is 1. The summed E-state index contributed by atoms with van der Waals surface area (Å²) in [4.78, 5) is 20.9. The van der Waals surface area contributed by atoms with Gasteiger partial charge in [-0.05, 0) is 60.9 Å². The summed E-state index contributed by atoms with van der Waals surface area (Å²) in [5.41, 5.74) is 14.2. The van der Waals surface area contributed by atoms with Crippen molar-refractivity contribution in [3.63, 3.8) is 0 Å². The quantitative estimate of drug-likeness (QED) is 0.234. The van der Waals surface area contributed by atoms with Crippen molar-refractivity contribution in [2.45, 2.75) is 25.4 Å². The summed E-state index contributed by atoms with van der Waals surface area (Å²) in [6, 6.07) is 31.1. The number of likely N-dealkylation sites (tertiary alicyclic amines) is 1. The molecule has 0 aliphatic carbocycles. The Balaban J connectivity index is 1.13. The predicted molar refractivity (Wildman–Crippen MR) is 173 cm³/mol. The second-order valence-corrected chi connectivity index (χ2v) is 11.0. The summed E-state index contributed by atoms with van der Waals surface area (Å²) in [5.74, 6) is 1.13. The Labute approximate surface area is 255 Å². The van der Waals surface area contributed by atoms with E-state index in [4.69, 9.17) is 15.7 Å². The highest BCUT2D eigenvalue weighted by Crippen LogP contribution is 2.32. The van der Waals surface area contributed by atoms with Crippen molar-refractivity contribution >= 4 is 22.7 Å². The van der Waals surface area contributed by atoms with Crippen LogP contribution in [0.2, 0.25) is 0 Å². The first-order valence-corrected chi connectivity index (χ1v) is 14.7. The number of hydrogen-bond acceptors (Lipinski definition) is 8. The molecule has 5 heterocycles. The number of nitrogens with one attached hydrogen (secondary N) is 1. The lowest BCUT2D eigenvalue weighted by atomic mass is 10.0. The average molecular weight is 578 g/mol. The Morgan fingerprint density at radius 1 is 0.886 bits per heavy atom. The molecule has 3 N–H and O–H groups in total. The molecule has 1 aliphatic heterocycles. The van der Waals surface area contributed by atoms with Crippen molar-refractivity contribution in [3.8, 4) is 34.4 Å². The van der Waals surface area contributed by atoms with Crippen LogP contribution in [0, 0.1) is 11.3 Å². The molecule has 216 valence electrons.